The van der Waals surface area contributed by atoms with Crippen LogP contribution < -0.4 is 10.6 Å². The summed E-state index contributed by atoms with van der Waals surface area (Å²) in [5, 5.41) is 13.4. The number of nitrogens with one attached hydrogen (secondary N) is 2. The van der Waals surface area contributed by atoms with Gasteiger partial charge in [-0.15, -0.1) is 0 Å². The first-order chi connectivity index (χ1) is 8.79. The van der Waals surface area contributed by atoms with E-state index in [0.29, 0.717) is 12.1 Å². The van der Waals surface area contributed by atoms with E-state index in [1.165, 1.54) is 0 Å². The van der Waals surface area contributed by atoms with Gasteiger partial charge >= 0.3 is 0 Å². The molecule has 0 aliphatic heterocycles. The van der Waals surface area contributed by atoms with Gasteiger partial charge in [-0.3, -0.25) is 4.79 Å². The number of rotatable bonds is 4. The summed E-state index contributed by atoms with van der Waals surface area (Å²) in [6.45, 7) is 0.375. The maximum Gasteiger partial charge on any atom is 0.251 e. The number of hydrogen-bond donors (Lipinski definition) is 2. The van der Waals surface area contributed by atoms with E-state index in [1.807, 2.05) is 25.2 Å². The Morgan fingerprint density at radius 2 is 2.00 bits per heavy atom. The molecule has 2 N–H and O–H groups in total. The molecule has 0 aliphatic carbocycles. The van der Waals surface area contributed by atoms with Crippen molar-refractivity contribution in [3.8, 4) is 0 Å². The third kappa shape index (κ3) is 3.04. The molecule has 92 valence electrons. The predicted molar refractivity (Wildman–Crippen MR) is 69.2 cm³/mol. The highest BCUT2D eigenvalue weighted by Gasteiger charge is 2.05. The molecule has 0 unspecified atom stereocenters. The predicted octanol–water partition coefficient (Wildman–Crippen LogP) is 1.45. The number of aromatic nitrogens is 2. The van der Waals surface area contributed by atoms with E-state index >= 15 is 0 Å². The number of nitrogens with zero attached hydrogens (tertiary/aromatic N) is 2. The minimum absolute atomic E-state index is 0.122. The summed E-state index contributed by atoms with van der Waals surface area (Å²) in [7, 11) is 1.84. The smallest absolute Gasteiger partial charge is 0.251 e. The molecule has 1 aromatic heterocycles. The molecule has 0 saturated carbocycles. The van der Waals surface area contributed by atoms with Gasteiger partial charge < -0.3 is 10.6 Å². The number of hydrogen-bond acceptors (Lipinski definition) is 4. The molecule has 0 radical (unpaired) electrons. The Kier molecular flexibility index (Phi) is 3.86. The summed E-state index contributed by atoms with van der Waals surface area (Å²) in [6, 6.07) is 10.9. The highest BCUT2D eigenvalue weighted by Crippen LogP contribution is 2.08. The molecule has 0 bridgehead atoms. The molecule has 5 heteroatoms. The van der Waals surface area contributed by atoms with Crippen LogP contribution in [0.3, 0.4) is 0 Å². The summed E-state index contributed by atoms with van der Waals surface area (Å²) in [5.41, 5.74) is 2.33. The van der Waals surface area contributed by atoms with Gasteiger partial charge in [0.15, 0.2) is 0 Å². The molecule has 0 spiro atoms. The molecular formula is C13H14N4O. The average molecular weight is 242 g/mol. The normalized spacial score (nSPS) is 9.83. The van der Waals surface area contributed by atoms with Crippen LogP contribution in [0.25, 0.3) is 0 Å². The molecular weight excluding hydrogens is 228 g/mol. The Morgan fingerprint density at radius 1 is 1.22 bits per heavy atom. The van der Waals surface area contributed by atoms with Crippen LogP contribution in [0, 0.1) is 0 Å². The monoisotopic (exact) mass is 242 g/mol. The number of amides is 1. The highest BCUT2D eigenvalue weighted by molar-refractivity contribution is 5.94. The fourth-order valence-electron chi connectivity index (χ4n) is 1.49. The van der Waals surface area contributed by atoms with E-state index in [4.69, 9.17) is 0 Å². The number of benzene rings is 1. The zero-order valence-corrected chi connectivity index (χ0v) is 10.1. The Balaban J connectivity index is 1.95. The fraction of sp³-hybridized carbons (Fsp3) is 0.154. The molecule has 2 rings (SSSR count). The maximum absolute atomic E-state index is 11.8. The van der Waals surface area contributed by atoms with E-state index in [9.17, 15) is 4.79 Å². The van der Waals surface area contributed by atoms with Crippen molar-refractivity contribution in [1.29, 1.82) is 0 Å². The van der Waals surface area contributed by atoms with Crippen LogP contribution in [0.5, 0.6) is 0 Å². The van der Waals surface area contributed by atoms with E-state index < -0.39 is 0 Å². The van der Waals surface area contributed by atoms with E-state index in [0.717, 1.165) is 11.4 Å². The van der Waals surface area contributed by atoms with Crippen LogP contribution in [0.4, 0.5) is 5.69 Å². The molecule has 1 amide bonds. The van der Waals surface area contributed by atoms with E-state index in [2.05, 4.69) is 20.8 Å². The van der Waals surface area contributed by atoms with E-state index in [1.54, 1.807) is 24.4 Å². The Morgan fingerprint density at radius 3 is 2.61 bits per heavy atom. The minimum Gasteiger partial charge on any atom is -0.388 e. The maximum atomic E-state index is 11.8. The first kappa shape index (κ1) is 12.0. The van der Waals surface area contributed by atoms with Gasteiger partial charge in [0, 0.05) is 24.5 Å². The van der Waals surface area contributed by atoms with Crippen molar-refractivity contribution in [2.75, 3.05) is 12.4 Å². The lowest BCUT2D eigenvalue weighted by Gasteiger charge is -2.05. The molecule has 0 atom stereocenters. The summed E-state index contributed by atoms with van der Waals surface area (Å²) in [5.74, 6) is -0.122. The third-order valence-corrected chi connectivity index (χ3v) is 2.49. The molecule has 5 nitrogen and oxygen atoms in total. The van der Waals surface area contributed by atoms with Gasteiger partial charge in [-0.1, -0.05) is 0 Å². The fourth-order valence-corrected chi connectivity index (χ4v) is 1.49. The Hall–Kier alpha value is -2.43. The summed E-state index contributed by atoms with van der Waals surface area (Å²) < 4.78 is 0. The van der Waals surface area contributed by atoms with Gasteiger partial charge in [-0.2, -0.15) is 10.2 Å². The van der Waals surface area contributed by atoms with Crippen LogP contribution >= 0.6 is 0 Å². The number of carbonyl (C=O) groups is 1. The van der Waals surface area contributed by atoms with Crippen molar-refractivity contribution in [3.63, 3.8) is 0 Å². The second-order valence-corrected chi connectivity index (χ2v) is 3.73. The van der Waals surface area contributed by atoms with Crippen molar-refractivity contribution in [2.45, 2.75) is 6.54 Å². The van der Waals surface area contributed by atoms with Gasteiger partial charge in [0.25, 0.3) is 5.91 Å². The quantitative estimate of drug-likeness (QED) is 0.851. The third-order valence-electron chi connectivity index (χ3n) is 2.49. The van der Waals surface area contributed by atoms with Crippen molar-refractivity contribution in [2.24, 2.45) is 0 Å². The van der Waals surface area contributed by atoms with Gasteiger partial charge in [0.2, 0.25) is 0 Å². The topological polar surface area (TPSA) is 66.9 Å². The van der Waals surface area contributed by atoms with Crippen molar-refractivity contribution >= 4 is 11.6 Å². The zero-order chi connectivity index (χ0) is 12.8. The zero-order valence-electron chi connectivity index (χ0n) is 10.1. The Labute approximate surface area is 105 Å². The van der Waals surface area contributed by atoms with Crippen LogP contribution in [0.2, 0.25) is 0 Å². The van der Waals surface area contributed by atoms with Crippen molar-refractivity contribution in [3.05, 3.63) is 53.9 Å². The molecule has 2 aromatic rings. The van der Waals surface area contributed by atoms with Gasteiger partial charge in [0.1, 0.15) is 0 Å². The largest absolute Gasteiger partial charge is 0.388 e. The second-order valence-electron chi connectivity index (χ2n) is 3.73. The SMILES string of the molecule is CNc1ccc(C(=O)NCc2cccnn2)cc1. The molecule has 18 heavy (non-hydrogen) atoms. The first-order valence-electron chi connectivity index (χ1n) is 5.62. The highest BCUT2D eigenvalue weighted by atomic mass is 16.1. The lowest BCUT2D eigenvalue weighted by atomic mass is 10.2. The van der Waals surface area contributed by atoms with Crippen LogP contribution in [0.15, 0.2) is 42.6 Å². The lowest BCUT2D eigenvalue weighted by Crippen LogP contribution is -2.23. The van der Waals surface area contributed by atoms with Gasteiger partial charge in [-0.25, -0.2) is 0 Å². The molecule has 0 aliphatic rings. The second kappa shape index (κ2) is 5.77. The molecule has 1 heterocycles. The van der Waals surface area contributed by atoms with E-state index in [-0.39, 0.29) is 5.91 Å². The molecule has 1 aromatic carbocycles. The first-order valence-corrected chi connectivity index (χ1v) is 5.62. The summed E-state index contributed by atoms with van der Waals surface area (Å²) in [6.07, 6.45) is 1.60. The standard InChI is InChI=1S/C13H14N4O/c1-14-11-6-4-10(5-7-11)13(18)15-9-12-3-2-8-16-17-12/h2-8,14H,9H2,1H3,(H,15,18). The average Bonchev–Trinajstić information content (AvgIpc) is 2.46. The number of anilines is 1. The lowest BCUT2D eigenvalue weighted by molar-refractivity contribution is 0.0950. The Bertz CT molecular complexity index is 510. The number of carbonyl (C=O) groups excluding carboxylic acids is 1. The van der Waals surface area contributed by atoms with Crippen molar-refractivity contribution < 1.29 is 4.79 Å². The van der Waals surface area contributed by atoms with Crippen LogP contribution in [-0.2, 0) is 6.54 Å². The van der Waals surface area contributed by atoms with Crippen LogP contribution in [-0.4, -0.2) is 23.2 Å². The summed E-state index contributed by atoms with van der Waals surface area (Å²) >= 11 is 0. The van der Waals surface area contributed by atoms with Gasteiger partial charge in [0.05, 0.1) is 12.2 Å². The van der Waals surface area contributed by atoms with Gasteiger partial charge in [-0.05, 0) is 36.4 Å². The molecule has 0 saturated heterocycles. The minimum atomic E-state index is -0.122. The van der Waals surface area contributed by atoms with Crippen molar-refractivity contribution in [1.82, 2.24) is 15.5 Å². The summed E-state index contributed by atoms with van der Waals surface area (Å²) in [4.78, 5) is 11.8. The van der Waals surface area contributed by atoms with Crippen LogP contribution in [0.1, 0.15) is 16.1 Å². The molecule has 0 fully saturated rings.